The average Bonchev–Trinajstić information content (AvgIpc) is 3.26. The Bertz CT molecular complexity index is 1080. The summed E-state index contributed by atoms with van der Waals surface area (Å²) in [4.78, 5) is 24.3. The second kappa shape index (κ2) is 11.0. The third kappa shape index (κ3) is 6.86. The molecule has 0 amide bonds. The van der Waals surface area contributed by atoms with Gasteiger partial charge in [-0.3, -0.25) is 0 Å². The van der Waals surface area contributed by atoms with Gasteiger partial charge >= 0.3 is 11.9 Å². The average molecular weight is 499 g/mol. The molecule has 7 nitrogen and oxygen atoms in total. The number of aliphatic hydroxyl groups excluding tert-OH is 1. The van der Waals surface area contributed by atoms with Gasteiger partial charge in [0.05, 0.1) is 6.61 Å². The molecule has 1 saturated heterocycles. The van der Waals surface area contributed by atoms with Crippen LogP contribution < -0.4 is 0 Å². The Morgan fingerprint density at radius 2 is 1.86 bits per heavy atom. The summed E-state index contributed by atoms with van der Waals surface area (Å²) in [7, 11) is 0. The molecule has 0 spiro atoms. The van der Waals surface area contributed by atoms with E-state index in [0.29, 0.717) is 5.57 Å². The number of allylic oxidation sites excluding steroid dienone is 9. The number of hydrogen-bond acceptors (Lipinski definition) is 7. The molecule has 0 aromatic rings. The number of ether oxygens (including phenoxy) is 4. The van der Waals surface area contributed by atoms with Crippen molar-refractivity contribution in [2.75, 3.05) is 6.61 Å². The third-order valence-corrected chi connectivity index (χ3v) is 6.62. The summed E-state index contributed by atoms with van der Waals surface area (Å²) < 4.78 is 21.6. The Labute approximate surface area is 213 Å². The lowest BCUT2D eigenvalue weighted by Crippen LogP contribution is -2.33. The highest BCUT2D eigenvalue weighted by Gasteiger charge is 2.48. The molecule has 7 heteroatoms. The Morgan fingerprint density at radius 3 is 2.50 bits per heavy atom. The molecule has 2 atom stereocenters. The maximum Gasteiger partial charge on any atom is 0.378 e. The summed E-state index contributed by atoms with van der Waals surface area (Å²) in [6, 6.07) is 0. The highest BCUT2D eigenvalue weighted by molar-refractivity contribution is 5.91. The first kappa shape index (κ1) is 27.7. The van der Waals surface area contributed by atoms with Crippen molar-refractivity contribution in [1.29, 1.82) is 0 Å². The topological polar surface area (TPSA) is 91.3 Å². The lowest BCUT2D eigenvalue weighted by Gasteiger charge is -2.32. The zero-order chi connectivity index (χ0) is 26.7. The van der Waals surface area contributed by atoms with Crippen LogP contribution in [-0.4, -0.2) is 41.6 Å². The standard InChI is InChI=1S/C29H38O7/c1-18(13-14-21-20(3)12-9-15-28(21,4)5)10-8-11-19(2)16-23(30)34-26-24(31)27(32)35-25(26)22-17-33-29(6,7)36-22/h8,10-11,13-14,16,22,25,31H,9,12,15,17H2,1-7H3/b11-8+,14-13+,18-10+,19-16+/t22-,25+/m0/s1. The fourth-order valence-corrected chi connectivity index (χ4v) is 4.68. The van der Waals surface area contributed by atoms with E-state index in [0.717, 1.165) is 12.0 Å². The van der Waals surface area contributed by atoms with Gasteiger partial charge in [0.25, 0.3) is 0 Å². The van der Waals surface area contributed by atoms with Gasteiger partial charge in [0.2, 0.25) is 11.5 Å². The van der Waals surface area contributed by atoms with Crippen LogP contribution in [0.1, 0.15) is 67.7 Å². The molecule has 0 radical (unpaired) electrons. The Kier molecular flexibility index (Phi) is 8.47. The van der Waals surface area contributed by atoms with Gasteiger partial charge in [-0.2, -0.15) is 0 Å². The van der Waals surface area contributed by atoms with Gasteiger partial charge in [0, 0.05) is 6.08 Å². The SMILES string of the molecule is CC1=C(/C=C/C(C)=C/C=C/C(C)=C/C(=O)OC2=C(O)C(=O)O[C@@H]2[C@@H]2COC(C)(C)O2)C(C)(C)CCC1. The van der Waals surface area contributed by atoms with Crippen LogP contribution >= 0.6 is 0 Å². The quantitative estimate of drug-likeness (QED) is 0.265. The van der Waals surface area contributed by atoms with Crippen LogP contribution in [0.5, 0.6) is 0 Å². The second-order valence-corrected chi connectivity index (χ2v) is 10.7. The van der Waals surface area contributed by atoms with E-state index in [1.54, 1.807) is 26.8 Å². The first-order chi connectivity index (χ1) is 16.8. The van der Waals surface area contributed by atoms with Crippen molar-refractivity contribution >= 4 is 11.9 Å². The highest BCUT2D eigenvalue weighted by Crippen LogP contribution is 2.40. The second-order valence-electron chi connectivity index (χ2n) is 10.7. The molecule has 36 heavy (non-hydrogen) atoms. The molecular formula is C29H38O7. The predicted octanol–water partition coefficient (Wildman–Crippen LogP) is 5.91. The Morgan fingerprint density at radius 1 is 1.14 bits per heavy atom. The molecule has 0 bridgehead atoms. The molecule has 1 fully saturated rings. The van der Waals surface area contributed by atoms with Gasteiger partial charge in [0.15, 0.2) is 11.9 Å². The van der Waals surface area contributed by atoms with E-state index >= 15 is 0 Å². The lowest BCUT2D eigenvalue weighted by atomic mass is 9.72. The van der Waals surface area contributed by atoms with Crippen molar-refractivity contribution in [3.05, 3.63) is 70.3 Å². The number of carbonyl (C=O) groups excluding carboxylic acids is 2. The molecule has 3 rings (SSSR count). The normalized spacial score (nSPS) is 26.9. The fraction of sp³-hybridized carbons (Fsp3) is 0.517. The van der Waals surface area contributed by atoms with Gasteiger partial charge in [0.1, 0.15) is 6.10 Å². The molecule has 0 aromatic carbocycles. The number of aliphatic hydroxyl groups is 1. The van der Waals surface area contributed by atoms with Crippen molar-refractivity contribution in [2.24, 2.45) is 5.41 Å². The molecule has 2 aliphatic heterocycles. The van der Waals surface area contributed by atoms with E-state index < -0.39 is 35.7 Å². The summed E-state index contributed by atoms with van der Waals surface area (Å²) in [5.41, 5.74) is 4.79. The minimum Gasteiger partial charge on any atom is -0.499 e. The van der Waals surface area contributed by atoms with Crippen LogP contribution in [0.3, 0.4) is 0 Å². The molecule has 0 saturated carbocycles. The minimum atomic E-state index is -1.06. The van der Waals surface area contributed by atoms with Crippen LogP contribution in [-0.2, 0) is 28.5 Å². The summed E-state index contributed by atoms with van der Waals surface area (Å²) in [5, 5.41) is 10.1. The van der Waals surface area contributed by atoms with Crippen molar-refractivity contribution in [3.63, 3.8) is 0 Å². The summed E-state index contributed by atoms with van der Waals surface area (Å²) >= 11 is 0. The largest absolute Gasteiger partial charge is 0.499 e. The smallest absolute Gasteiger partial charge is 0.378 e. The zero-order valence-corrected chi connectivity index (χ0v) is 22.3. The number of hydrogen-bond donors (Lipinski definition) is 1. The lowest BCUT2D eigenvalue weighted by molar-refractivity contribution is -0.164. The number of rotatable bonds is 7. The monoisotopic (exact) mass is 498 g/mol. The van der Waals surface area contributed by atoms with Crippen LogP contribution in [0.4, 0.5) is 0 Å². The van der Waals surface area contributed by atoms with Crippen LogP contribution in [0.25, 0.3) is 0 Å². The minimum absolute atomic E-state index is 0.130. The number of esters is 2. The Hall–Kier alpha value is -2.90. The van der Waals surface area contributed by atoms with Gasteiger partial charge < -0.3 is 24.1 Å². The van der Waals surface area contributed by atoms with Gasteiger partial charge in [-0.05, 0) is 70.4 Å². The van der Waals surface area contributed by atoms with E-state index in [4.69, 9.17) is 18.9 Å². The van der Waals surface area contributed by atoms with Crippen LogP contribution in [0, 0.1) is 5.41 Å². The van der Waals surface area contributed by atoms with Gasteiger partial charge in [-0.1, -0.05) is 55.4 Å². The van der Waals surface area contributed by atoms with E-state index in [-0.39, 0.29) is 17.8 Å². The first-order valence-electron chi connectivity index (χ1n) is 12.4. The maximum absolute atomic E-state index is 12.5. The molecular weight excluding hydrogens is 460 g/mol. The molecule has 2 heterocycles. The van der Waals surface area contributed by atoms with E-state index in [9.17, 15) is 14.7 Å². The van der Waals surface area contributed by atoms with E-state index in [1.807, 2.05) is 19.1 Å². The van der Waals surface area contributed by atoms with Crippen molar-refractivity contribution in [2.45, 2.75) is 85.7 Å². The summed E-state index contributed by atoms with van der Waals surface area (Å²) in [6.45, 7) is 14.2. The fourth-order valence-electron chi connectivity index (χ4n) is 4.68. The Balaban J connectivity index is 1.62. The highest BCUT2D eigenvalue weighted by atomic mass is 16.8. The molecule has 196 valence electrons. The third-order valence-electron chi connectivity index (χ3n) is 6.62. The molecule has 0 aromatic heterocycles. The zero-order valence-electron chi connectivity index (χ0n) is 22.3. The van der Waals surface area contributed by atoms with Gasteiger partial charge in [-0.25, -0.2) is 9.59 Å². The summed E-state index contributed by atoms with van der Waals surface area (Å²) in [6.07, 6.45) is 13.1. The van der Waals surface area contributed by atoms with E-state index in [2.05, 4.69) is 32.9 Å². The van der Waals surface area contributed by atoms with Crippen LogP contribution in [0.2, 0.25) is 0 Å². The summed E-state index contributed by atoms with van der Waals surface area (Å²) in [5.74, 6) is -3.56. The molecule has 1 N–H and O–H groups in total. The van der Waals surface area contributed by atoms with Crippen LogP contribution in [0.15, 0.2) is 70.3 Å². The number of carbonyl (C=O) groups is 2. The molecule has 0 unspecified atom stereocenters. The van der Waals surface area contributed by atoms with Gasteiger partial charge in [-0.15, -0.1) is 0 Å². The number of cyclic esters (lactones) is 1. The van der Waals surface area contributed by atoms with Crippen molar-refractivity contribution in [1.82, 2.24) is 0 Å². The van der Waals surface area contributed by atoms with E-state index in [1.165, 1.54) is 30.1 Å². The molecule has 1 aliphatic carbocycles. The van der Waals surface area contributed by atoms with Crippen molar-refractivity contribution < 1.29 is 33.6 Å². The predicted molar refractivity (Wildman–Crippen MR) is 137 cm³/mol. The first-order valence-corrected chi connectivity index (χ1v) is 12.4. The molecule has 3 aliphatic rings. The maximum atomic E-state index is 12.5. The van der Waals surface area contributed by atoms with Crippen molar-refractivity contribution in [3.8, 4) is 0 Å².